The van der Waals surface area contributed by atoms with E-state index in [2.05, 4.69) is 10.3 Å². The molecule has 0 aliphatic heterocycles. The van der Waals surface area contributed by atoms with E-state index in [4.69, 9.17) is 5.11 Å². The molecule has 1 aromatic heterocycles. The Hall–Kier alpha value is -1.42. The standard InChI is InChI=1S/C12H18N2O2/c1-9-4-5-10(7-14-9)6-13-8-12(2,3)11(15)16/h4-5,7,13H,6,8H2,1-3H3,(H,15,16). The molecule has 0 fully saturated rings. The lowest BCUT2D eigenvalue weighted by Crippen LogP contribution is -2.35. The number of carbonyl (C=O) groups is 1. The lowest BCUT2D eigenvalue weighted by Gasteiger charge is -2.19. The van der Waals surface area contributed by atoms with E-state index in [0.29, 0.717) is 13.1 Å². The van der Waals surface area contributed by atoms with Crippen LogP contribution < -0.4 is 5.32 Å². The van der Waals surface area contributed by atoms with E-state index < -0.39 is 11.4 Å². The number of hydrogen-bond acceptors (Lipinski definition) is 3. The van der Waals surface area contributed by atoms with Crippen molar-refractivity contribution in [1.82, 2.24) is 10.3 Å². The van der Waals surface area contributed by atoms with Crippen LogP contribution in [0.2, 0.25) is 0 Å². The molecule has 1 aromatic rings. The number of aromatic nitrogens is 1. The first-order chi connectivity index (χ1) is 7.42. The number of aryl methyl sites for hydroxylation is 1. The number of nitrogens with zero attached hydrogens (tertiary/aromatic N) is 1. The highest BCUT2D eigenvalue weighted by molar-refractivity contribution is 5.73. The average Bonchev–Trinajstić information content (AvgIpc) is 2.20. The van der Waals surface area contributed by atoms with E-state index in [1.807, 2.05) is 19.1 Å². The molecule has 0 radical (unpaired) electrons. The molecule has 0 aliphatic carbocycles. The molecule has 4 heteroatoms. The van der Waals surface area contributed by atoms with E-state index in [0.717, 1.165) is 11.3 Å². The van der Waals surface area contributed by atoms with Crippen molar-refractivity contribution in [3.63, 3.8) is 0 Å². The molecule has 88 valence electrons. The van der Waals surface area contributed by atoms with Gasteiger partial charge in [-0.2, -0.15) is 0 Å². The maximum atomic E-state index is 10.9. The van der Waals surface area contributed by atoms with Crippen molar-refractivity contribution in [2.75, 3.05) is 6.54 Å². The van der Waals surface area contributed by atoms with Crippen LogP contribution in [0.25, 0.3) is 0 Å². The second-order valence-electron chi connectivity index (χ2n) is 4.60. The van der Waals surface area contributed by atoms with Crippen LogP contribution in [0.1, 0.15) is 25.1 Å². The molecule has 0 amide bonds. The molecule has 0 aliphatic rings. The van der Waals surface area contributed by atoms with Gasteiger partial charge in [0.05, 0.1) is 5.41 Å². The second-order valence-corrected chi connectivity index (χ2v) is 4.60. The fraction of sp³-hybridized carbons (Fsp3) is 0.500. The summed E-state index contributed by atoms with van der Waals surface area (Å²) in [6.07, 6.45) is 1.80. The zero-order valence-corrected chi connectivity index (χ0v) is 9.95. The second kappa shape index (κ2) is 5.07. The highest BCUT2D eigenvalue weighted by Crippen LogP contribution is 2.13. The Labute approximate surface area is 95.7 Å². The minimum Gasteiger partial charge on any atom is -0.481 e. The first-order valence-electron chi connectivity index (χ1n) is 5.27. The maximum Gasteiger partial charge on any atom is 0.310 e. The molecule has 0 atom stereocenters. The minimum atomic E-state index is -0.790. The Morgan fingerprint density at radius 2 is 2.19 bits per heavy atom. The van der Waals surface area contributed by atoms with E-state index in [1.54, 1.807) is 20.0 Å². The quantitative estimate of drug-likeness (QED) is 0.794. The maximum absolute atomic E-state index is 10.9. The molecule has 2 N–H and O–H groups in total. The van der Waals surface area contributed by atoms with Gasteiger partial charge in [0.2, 0.25) is 0 Å². The number of aliphatic carboxylic acids is 1. The van der Waals surface area contributed by atoms with E-state index in [9.17, 15) is 4.79 Å². The average molecular weight is 222 g/mol. The van der Waals surface area contributed by atoms with E-state index >= 15 is 0 Å². The first-order valence-corrected chi connectivity index (χ1v) is 5.27. The summed E-state index contributed by atoms with van der Waals surface area (Å²) in [4.78, 5) is 15.0. The molecule has 0 saturated carbocycles. The predicted molar refractivity (Wildman–Crippen MR) is 62.1 cm³/mol. The third kappa shape index (κ3) is 3.62. The largest absolute Gasteiger partial charge is 0.481 e. The summed E-state index contributed by atoms with van der Waals surface area (Å²) in [5.41, 5.74) is 1.30. The lowest BCUT2D eigenvalue weighted by molar-refractivity contribution is -0.146. The summed E-state index contributed by atoms with van der Waals surface area (Å²) in [6, 6.07) is 3.93. The normalized spacial score (nSPS) is 11.4. The smallest absolute Gasteiger partial charge is 0.310 e. The summed E-state index contributed by atoms with van der Waals surface area (Å²) >= 11 is 0. The molecule has 0 unspecified atom stereocenters. The minimum absolute atomic E-state index is 0.441. The van der Waals surface area contributed by atoms with Gasteiger partial charge in [-0.1, -0.05) is 6.07 Å². The van der Waals surface area contributed by atoms with Crippen molar-refractivity contribution >= 4 is 5.97 Å². The van der Waals surface area contributed by atoms with Gasteiger partial charge in [0.1, 0.15) is 0 Å². The predicted octanol–water partition coefficient (Wildman–Crippen LogP) is 1.59. The van der Waals surface area contributed by atoms with Gasteiger partial charge >= 0.3 is 5.97 Å². The summed E-state index contributed by atoms with van der Waals surface area (Å²) in [6.45, 7) is 6.43. The number of pyridine rings is 1. The Bertz CT molecular complexity index is 358. The zero-order chi connectivity index (χ0) is 12.2. The number of hydrogen-bond donors (Lipinski definition) is 2. The molecule has 16 heavy (non-hydrogen) atoms. The van der Waals surface area contributed by atoms with Crippen molar-refractivity contribution in [2.24, 2.45) is 5.41 Å². The monoisotopic (exact) mass is 222 g/mol. The van der Waals surface area contributed by atoms with Crippen molar-refractivity contribution in [3.05, 3.63) is 29.6 Å². The third-order valence-electron chi connectivity index (χ3n) is 2.45. The highest BCUT2D eigenvalue weighted by atomic mass is 16.4. The van der Waals surface area contributed by atoms with Gasteiger partial charge in [-0.05, 0) is 32.4 Å². The molecular weight excluding hydrogens is 204 g/mol. The molecular formula is C12H18N2O2. The molecule has 0 aromatic carbocycles. The van der Waals surface area contributed by atoms with Crippen LogP contribution >= 0.6 is 0 Å². The van der Waals surface area contributed by atoms with Crippen LogP contribution in [0.5, 0.6) is 0 Å². The fourth-order valence-electron chi connectivity index (χ4n) is 1.20. The molecule has 0 bridgehead atoms. The summed E-state index contributed by atoms with van der Waals surface area (Å²) in [7, 11) is 0. The lowest BCUT2D eigenvalue weighted by atomic mass is 9.94. The molecule has 4 nitrogen and oxygen atoms in total. The van der Waals surface area contributed by atoms with Gasteiger partial charge in [-0.25, -0.2) is 0 Å². The van der Waals surface area contributed by atoms with Gasteiger partial charge in [-0.3, -0.25) is 9.78 Å². The zero-order valence-electron chi connectivity index (χ0n) is 9.95. The van der Waals surface area contributed by atoms with Gasteiger partial charge in [0, 0.05) is 25.0 Å². The number of carboxylic acid groups (broad SMARTS) is 1. The van der Waals surface area contributed by atoms with E-state index in [1.165, 1.54) is 0 Å². The summed E-state index contributed by atoms with van der Waals surface area (Å²) in [5.74, 6) is -0.790. The Kier molecular flexibility index (Phi) is 4.01. The summed E-state index contributed by atoms with van der Waals surface area (Å²) < 4.78 is 0. The SMILES string of the molecule is Cc1ccc(CNCC(C)(C)C(=O)O)cn1. The van der Waals surface area contributed by atoms with Crippen LogP contribution in [-0.4, -0.2) is 22.6 Å². The molecule has 1 heterocycles. The first kappa shape index (κ1) is 12.6. The Balaban J connectivity index is 2.41. The number of rotatable bonds is 5. The fourth-order valence-corrected chi connectivity index (χ4v) is 1.20. The van der Waals surface area contributed by atoms with Crippen molar-refractivity contribution in [2.45, 2.75) is 27.3 Å². The third-order valence-corrected chi connectivity index (χ3v) is 2.45. The van der Waals surface area contributed by atoms with Crippen LogP contribution in [0.4, 0.5) is 0 Å². The highest BCUT2D eigenvalue weighted by Gasteiger charge is 2.26. The Morgan fingerprint density at radius 3 is 2.69 bits per heavy atom. The van der Waals surface area contributed by atoms with Crippen LogP contribution in [0.15, 0.2) is 18.3 Å². The van der Waals surface area contributed by atoms with Gasteiger partial charge in [-0.15, -0.1) is 0 Å². The number of carboxylic acids is 1. The van der Waals surface area contributed by atoms with Crippen molar-refractivity contribution in [3.8, 4) is 0 Å². The van der Waals surface area contributed by atoms with Crippen LogP contribution in [0.3, 0.4) is 0 Å². The van der Waals surface area contributed by atoms with Gasteiger partial charge < -0.3 is 10.4 Å². The molecule has 1 rings (SSSR count). The van der Waals surface area contributed by atoms with Crippen molar-refractivity contribution < 1.29 is 9.90 Å². The molecule has 0 saturated heterocycles. The number of nitrogens with one attached hydrogen (secondary N) is 1. The topological polar surface area (TPSA) is 62.2 Å². The van der Waals surface area contributed by atoms with Gasteiger partial charge in [0.15, 0.2) is 0 Å². The van der Waals surface area contributed by atoms with Crippen LogP contribution in [-0.2, 0) is 11.3 Å². The van der Waals surface area contributed by atoms with E-state index in [-0.39, 0.29) is 0 Å². The van der Waals surface area contributed by atoms with Gasteiger partial charge in [0.25, 0.3) is 0 Å². The van der Waals surface area contributed by atoms with Crippen LogP contribution in [0, 0.1) is 12.3 Å². The van der Waals surface area contributed by atoms with Crippen molar-refractivity contribution in [1.29, 1.82) is 0 Å². The summed E-state index contributed by atoms with van der Waals surface area (Å²) in [5, 5.41) is 12.0. The molecule has 0 spiro atoms. The Morgan fingerprint density at radius 1 is 1.50 bits per heavy atom.